The summed E-state index contributed by atoms with van der Waals surface area (Å²) in [6.07, 6.45) is -1.40. The van der Waals surface area contributed by atoms with Crippen LogP contribution >= 0.6 is 13.3 Å². The second kappa shape index (κ2) is 7.56. The maximum absolute atomic E-state index is 6.20. The Morgan fingerprint density at radius 1 is 0.833 bits per heavy atom. The van der Waals surface area contributed by atoms with E-state index in [1.165, 1.54) is 0 Å². The molecular formula is C13H26N2O5P2S2. The predicted molar refractivity (Wildman–Crippen MR) is 99.9 cm³/mol. The number of ether oxygens (including phenoxy) is 1. The lowest BCUT2D eigenvalue weighted by molar-refractivity contribution is -0.0954. The van der Waals surface area contributed by atoms with Crippen LogP contribution in [0.1, 0.15) is 27.7 Å². The van der Waals surface area contributed by atoms with Gasteiger partial charge in [-0.05, 0) is 23.6 Å². The van der Waals surface area contributed by atoms with Gasteiger partial charge in [0.05, 0.1) is 6.61 Å². The van der Waals surface area contributed by atoms with E-state index in [4.69, 9.17) is 46.4 Å². The van der Waals surface area contributed by atoms with Crippen molar-refractivity contribution in [3.8, 4) is 0 Å². The molecule has 140 valence electrons. The van der Waals surface area contributed by atoms with Crippen LogP contribution in [-0.4, -0.2) is 66.7 Å². The van der Waals surface area contributed by atoms with Crippen LogP contribution in [0, 0.1) is 0 Å². The number of hydrogen-bond acceptors (Lipinski definition) is 7. The summed E-state index contributed by atoms with van der Waals surface area (Å²) in [4.78, 5) is 0. The Bertz CT molecular complexity index is 560. The van der Waals surface area contributed by atoms with Gasteiger partial charge in [-0.3, -0.25) is 4.52 Å². The van der Waals surface area contributed by atoms with E-state index in [0.29, 0.717) is 6.61 Å². The highest BCUT2D eigenvalue weighted by atomic mass is 32.5. The maximum Gasteiger partial charge on any atom is 0.266 e. The van der Waals surface area contributed by atoms with Crippen molar-refractivity contribution in [1.29, 1.82) is 0 Å². The number of fused-ring (bicyclic) bond motifs is 5. The van der Waals surface area contributed by atoms with Crippen LogP contribution in [-0.2, 0) is 46.4 Å². The fourth-order valence-electron chi connectivity index (χ4n) is 3.23. The van der Waals surface area contributed by atoms with Crippen molar-refractivity contribution in [2.75, 3.05) is 32.8 Å². The van der Waals surface area contributed by atoms with Gasteiger partial charge in [0.15, 0.2) is 6.29 Å². The summed E-state index contributed by atoms with van der Waals surface area (Å²) in [6.45, 7) is 6.62. The summed E-state index contributed by atoms with van der Waals surface area (Å²) in [5.41, 5.74) is 0. The van der Waals surface area contributed by atoms with Crippen LogP contribution in [0.3, 0.4) is 0 Å². The third-order valence-electron chi connectivity index (χ3n) is 4.57. The van der Waals surface area contributed by atoms with Gasteiger partial charge in [-0.25, -0.2) is 9.34 Å². The zero-order chi connectivity index (χ0) is 17.5. The topological polar surface area (TPSA) is 52.6 Å². The Morgan fingerprint density at radius 2 is 1.38 bits per heavy atom. The molecule has 7 nitrogen and oxygen atoms in total. The second-order valence-electron chi connectivity index (χ2n) is 5.80. The van der Waals surface area contributed by atoms with Crippen molar-refractivity contribution in [3.05, 3.63) is 0 Å². The molecule has 0 radical (unpaired) electrons. The quantitative estimate of drug-likeness (QED) is 0.608. The molecule has 3 aliphatic rings. The van der Waals surface area contributed by atoms with E-state index in [-0.39, 0.29) is 18.3 Å². The summed E-state index contributed by atoms with van der Waals surface area (Å²) in [7, 11) is 0. The van der Waals surface area contributed by atoms with Crippen LogP contribution in [0.5, 0.6) is 0 Å². The Kier molecular flexibility index (Phi) is 6.23. The number of rotatable bonds is 6. The first-order valence-corrected chi connectivity index (χ1v) is 13.6. The first kappa shape index (κ1) is 19.8. The molecule has 0 amide bonds. The van der Waals surface area contributed by atoms with Crippen molar-refractivity contribution in [3.63, 3.8) is 0 Å². The summed E-state index contributed by atoms with van der Waals surface area (Å²) >= 11 is 11.5. The molecule has 0 aromatic carbocycles. The second-order valence-corrected chi connectivity index (χ2v) is 12.5. The molecule has 0 N–H and O–H groups in total. The van der Waals surface area contributed by atoms with E-state index < -0.39 is 19.6 Å². The first-order chi connectivity index (χ1) is 11.4. The molecule has 3 heterocycles. The van der Waals surface area contributed by atoms with Crippen molar-refractivity contribution < 1.29 is 22.8 Å². The van der Waals surface area contributed by atoms with Gasteiger partial charge in [-0.1, -0.05) is 27.7 Å². The molecule has 3 rings (SSSR count). The minimum Gasteiger partial charge on any atom is -0.341 e. The highest BCUT2D eigenvalue weighted by molar-refractivity contribution is 8.09. The molecule has 3 aliphatic heterocycles. The molecular weight excluding hydrogens is 390 g/mol. The lowest BCUT2D eigenvalue weighted by atomic mass is 10.1. The number of hydrogen-bond donors (Lipinski definition) is 0. The summed E-state index contributed by atoms with van der Waals surface area (Å²) in [5.74, 6) is 0. The molecule has 2 bridgehead atoms. The van der Waals surface area contributed by atoms with E-state index in [0.717, 1.165) is 26.2 Å². The number of nitrogens with zero attached hydrogens (tertiary/aromatic N) is 2. The third-order valence-corrected chi connectivity index (χ3v) is 11.5. The fraction of sp³-hybridized carbons (Fsp3) is 1.00. The molecule has 0 unspecified atom stereocenters. The van der Waals surface area contributed by atoms with E-state index in [1.807, 2.05) is 13.8 Å². The minimum atomic E-state index is -2.57. The van der Waals surface area contributed by atoms with Gasteiger partial charge in [0.25, 0.3) is 13.3 Å². The summed E-state index contributed by atoms with van der Waals surface area (Å²) in [5, 5.41) is 0. The molecule has 3 fully saturated rings. The Hall–Kier alpha value is 1.02. The average Bonchev–Trinajstić information content (AvgIpc) is 2.96. The van der Waals surface area contributed by atoms with Gasteiger partial charge < -0.3 is 18.3 Å². The van der Waals surface area contributed by atoms with Gasteiger partial charge >= 0.3 is 0 Å². The molecule has 0 aromatic heterocycles. The molecule has 0 aromatic rings. The highest BCUT2D eigenvalue weighted by Crippen LogP contribution is 2.65. The largest absolute Gasteiger partial charge is 0.341 e. The van der Waals surface area contributed by atoms with Crippen LogP contribution in [0.15, 0.2) is 0 Å². The lowest BCUT2D eigenvalue weighted by Gasteiger charge is -2.33. The fourth-order valence-corrected chi connectivity index (χ4v) is 9.57. The average molecular weight is 416 g/mol. The Labute approximate surface area is 154 Å². The minimum absolute atomic E-state index is 0.248. The molecule has 0 spiro atoms. The molecule has 11 heteroatoms. The Balaban J connectivity index is 1.81. The predicted octanol–water partition coefficient (Wildman–Crippen LogP) is 2.67. The van der Waals surface area contributed by atoms with Crippen LogP contribution in [0.25, 0.3) is 0 Å². The summed E-state index contributed by atoms with van der Waals surface area (Å²) in [6, 6.07) is 0. The van der Waals surface area contributed by atoms with Gasteiger partial charge in [0.1, 0.15) is 18.3 Å². The monoisotopic (exact) mass is 416 g/mol. The molecule has 6 atom stereocenters. The van der Waals surface area contributed by atoms with Gasteiger partial charge in [-0.15, -0.1) is 0 Å². The Morgan fingerprint density at radius 3 is 1.96 bits per heavy atom. The van der Waals surface area contributed by atoms with Crippen molar-refractivity contribution in [2.45, 2.75) is 52.3 Å². The standard InChI is InChI=1S/C13H26N2O5P2S2/c1-5-14(6-2)21(23)16-9-10-11-12(13(17-10)20-21)19-22(24,18-11)15(7-3)8-4/h10-13H,5-9H2,1-4H3/t10-,11-,12-,13+,21+,22+/m1/s1. The van der Waals surface area contributed by atoms with Crippen LogP contribution < -0.4 is 0 Å². The smallest absolute Gasteiger partial charge is 0.266 e. The SMILES string of the molecule is CCN(CC)[P@@]1(=S)O[C@H]2[C@H]3O[C@H](CO[P@@](=S)(N(CC)CC)O3)[C@H]2O1. The van der Waals surface area contributed by atoms with Crippen molar-refractivity contribution >= 4 is 36.9 Å². The zero-order valence-electron chi connectivity index (χ0n) is 14.5. The van der Waals surface area contributed by atoms with Gasteiger partial charge in [0.2, 0.25) is 0 Å². The van der Waals surface area contributed by atoms with E-state index in [9.17, 15) is 0 Å². The third kappa shape index (κ3) is 3.32. The van der Waals surface area contributed by atoms with Crippen LogP contribution in [0.2, 0.25) is 0 Å². The molecule has 0 aliphatic carbocycles. The highest BCUT2D eigenvalue weighted by Gasteiger charge is 2.60. The van der Waals surface area contributed by atoms with E-state index >= 15 is 0 Å². The van der Waals surface area contributed by atoms with Crippen molar-refractivity contribution in [1.82, 2.24) is 9.34 Å². The van der Waals surface area contributed by atoms with E-state index in [1.54, 1.807) is 0 Å². The van der Waals surface area contributed by atoms with Crippen LogP contribution in [0.4, 0.5) is 0 Å². The van der Waals surface area contributed by atoms with E-state index in [2.05, 4.69) is 23.2 Å². The van der Waals surface area contributed by atoms with Crippen molar-refractivity contribution in [2.24, 2.45) is 0 Å². The molecule has 24 heavy (non-hydrogen) atoms. The normalized spacial score (nSPS) is 44.9. The summed E-state index contributed by atoms with van der Waals surface area (Å²) < 4.78 is 34.6. The van der Waals surface area contributed by atoms with Gasteiger partial charge in [0, 0.05) is 26.2 Å². The van der Waals surface area contributed by atoms with Gasteiger partial charge in [-0.2, -0.15) is 0 Å². The molecule has 0 saturated carbocycles. The zero-order valence-corrected chi connectivity index (χ0v) is 17.9. The first-order valence-electron chi connectivity index (χ1n) is 8.46. The molecule has 3 saturated heterocycles. The lowest BCUT2D eigenvalue weighted by Crippen LogP contribution is -2.36. The maximum atomic E-state index is 6.20.